The Balaban J connectivity index is 1.66. The number of fused-ring (bicyclic) bond motifs is 1. The summed E-state index contributed by atoms with van der Waals surface area (Å²) in [6.45, 7) is -3.37. The summed E-state index contributed by atoms with van der Waals surface area (Å²) in [6, 6.07) is 0.122. The van der Waals surface area contributed by atoms with Crippen molar-refractivity contribution in [2.75, 3.05) is 24.5 Å². The lowest BCUT2D eigenvalue weighted by molar-refractivity contribution is -0.0488. The predicted molar refractivity (Wildman–Crippen MR) is 112 cm³/mol. The highest BCUT2D eigenvalue weighted by Gasteiger charge is 2.42. The van der Waals surface area contributed by atoms with Gasteiger partial charge in [-0.1, -0.05) is 0 Å². The highest BCUT2D eigenvalue weighted by atomic mass is 19.3. The molecule has 34 heavy (non-hydrogen) atoms. The fraction of sp³-hybridized carbons (Fsp3) is 0.545. The van der Waals surface area contributed by atoms with Crippen LogP contribution < -0.4 is 20.4 Å². The SMILES string of the molecule is O=C(O)c1cn(C2CC2F)c2c(OC(F)F)c(N3CC(F)C(CNC4CC4)C3)c(F)cc2c1=O. The number of nitrogens with one attached hydrogen (secondary N) is 1. The molecule has 184 valence electrons. The molecule has 0 amide bonds. The van der Waals surface area contributed by atoms with Crippen LogP contribution in [0.1, 0.15) is 35.7 Å². The van der Waals surface area contributed by atoms with Gasteiger partial charge >= 0.3 is 12.6 Å². The summed E-state index contributed by atoms with van der Waals surface area (Å²) in [5, 5.41) is 12.0. The van der Waals surface area contributed by atoms with Crippen molar-refractivity contribution >= 4 is 22.6 Å². The lowest BCUT2D eigenvalue weighted by atomic mass is 10.1. The number of alkyl halides is 4. The van der Waals surface area contributed by atoms with Crippen LogP contribution in [0.5, 0.6) is 5.75 Å². The van der Waals surface area contributed by atoms with Gasteiger partial charge in [-0.3, -0.25) is 4.79 Å². The van der Waals surface area contributed by atoms with Crippen molar-refractivity contribution in [2.45, 2.75) is 50.3 Å². The lowest BCUT2D eigenvalue weighted by Crippen LogP contribution is -2.30. The van der Waals surface area contributed by atoms with Crippen molar-refractivity contribution in [3.63, 3.8) is 0 Å². The van der Waals surface area contributed by atoms with E-state index in [0.717, 1.165) is 29.7 Å². The first-order valence-electron chi connectivity index (χ1n) is 11.0. The van der Waals surface area contributed by atoms with Gasteiger partial charge in [-0.25, -0.2) is 18.0 Å². The molecule has 4 unspecified atom stereocenters. The minimum atomic E-state index is -3.43. The number of anilines is 1. The third-order valence-electron chi connectivity index (χ3n) is 6.60. The summed E-state index contributed by atoms with van der Waals surface area (Å²) < 4.78 is 76.6. The highest BCUT2D eigenvalue weighted by Crippen LogP contribution is 2.46. The van der Waals surface area contributed by atoms with Gasteiger partial charge in [0.2, 0.25) is 5.43 Å². The van der Waals surface area contributed by atoms with Crippen molar-refractivity contribution in [1.82, 2.24) is 9.88 Å². The molecule has 7 nitrogen and oxygen atoms in total. The maximum Gasteiger partial charge on any atom is 0.387 e. The van der Waals surface area contributed by atoms with Crippen LogP contribution in [0, 0.1) is 11.7 Å². The van der Waals surface area contributed by atoms with Crippen molar-refractivity contribution in [3.05, 3.63) is 33.9 Å². The Morgan fingerprint density at radius 1 is 1.24 bits per heavy atom. The zero-order valence-electron chi connectivity index (χ0n) is 17.8. The Morgan fingerprint density at radius 3 is 2.53 bits per heavy atom. The first-order valence-corrected chi connectivity index (χ1v) is 11.0. The van der Waals surface area contributed by atoms with Crippen LogP contribution in [-0.4, -0.2) is 60.3 Å². The third-order valence-corrected chi connectivity index (χ3v) is 6.60. The van der Waals surface area contributed by atoms with Crippen LogP contribution in [0.3, 0.4) is 0 Å². The molecule has 2 N–H and O–H groups in total. The smallest absolute Gasteiger partial charge is 0.387 e. The number of nitrogens with zero attached hydrogens (tertiary/aromatic N) is 2. The minimum Gasteiger partial charge on any atom is -0.477 e. The molecule has 12 heteroatoms. The fourth-order valence-corrected chi connectivity index (χ4v) is 4.60. The molecule has 0 radical (unpaired) electrons. The standard InChI is InChI=1S/C22H22F5N3O4/c23-13-4-16(13)30-7-12(21(32)33)19(31)11-3-14(24)18(20(17(11)30)34-22(26)27)29-6-9(15(25)8-29)5-28-10-1-2-10/h3,7,9-10,13,15-16,22,28H,1-2,4-6,8H2,(H,32,33). The van der Waals surface area contributed by atoms with Crippen LogP contribution in [0.2, 0.25) is 0 Å². The number of ether oxygens (including phenoxy) is 1. The molecule has 1 aliphatic heterocycles. The first kappa shape index (κ1) is 22.9. The molecular weight excluding hydrogens is 465 g/mol. The fourth-order valence-electron chi connectivity index (χ4n) is 4.60. The van der Waals surface area contributed by atoms with E-state index in [9.17, 15) is 32.3 Å². The molecule has 2 heterocycles. The van der Waals surface area contributed by atoms with Crippen molar-refractivity contribution in [3.8, 4) is 5.75 Å². The number of carboxylic acids is 1. The van der Waals surface area contributed by atoms with Crippen LogP contribution >= 0.6 is 0 Å². The van der Waals surface area contributed by atoms with E-state index in [1.807, 2.05) is 0 Å². The molecule has 2 saturated carbocycles. The number of carbonyl (C=O) groups is 1. The number of benzene rings is 1. The van der Waals surface area contributed by atoms with E-state index in [1.54, 1.807) is 0 Å². The second-order valence-electron chi connectivity index (χ2n) is 9.08. The molecule has 1 aromatic heterocycles. The van der Waals surface area contributed by atoms with Crippen LogP contribution in [-0.2, 0) is 0 Å². The Hall–Kier alpha value is -2.89. The topological polar surface area (TPSA) is 83.8 Å². The van der Waals surface area contributed by atoms with Gasteiger partial charge < -0.3 is 24.6 Å². The molecule has 2 aromatic rings. The average Bonchev–Trinajstić information content (AvgIpc) is 3.67. The van der Waals surface area contributed by atoms with E-state index >= 15 is 4.39 Å². The number of pyridine rings is 1. The molecule has 5 rings (SSSR count). The number of hydrogen-bond donors (Lipinski definition) is 2. The molecule has 1 aromatic carbocycles. The van der Waals surface area contributed by atoms with E-state index < -0.39 is 70.5 Å². The van der Waals surface area contributed by atoms with E-state index in [-0.39, 0.29) is 25.0 Å². The van der Waals surface area contributed by atoms with Gasteiger partial charge in [0.15, 0.2) is 11.6 Å². The van der Waals surface area contributed by atoms with Gasteiger partial charge in [-0.2, -0.15) is 8.78 Å². The van der Waals surface area contributed by atoms with Gasteiger partial charge in [-0.05, 0) is 18.9 Å². The second kappa shape index (κ2) is 8.40. The quantitative estimate of drug-likeness (QED) is 0.557. The summed E-state index contributed by atoms with van der Waals surface area (Å²) in [7, 11) is 0. The molecule has 0 bridgehead atoms. The Labute approximate surface area is 190 Å². The van der Waals surface area contributed by atoms with Gasteiger partial charge in [-0.15, -0.1) is 0 Å². The van der Waals surface area contributed by atoms with Crippen molar-refractivity contribution in [2.24, 2.45) is 5.92 Å². The Bertz CT molecular complexity index is 1200. The largest absolute Gasteiger partial charge is 0.477 e. The summed E-state index contributed by atoms with van der Waals surface area (Å²) >= 11 is 0. The maximum absolute atomic E-state index is 15.3. The van der Waals surface area contributed by atoms with E-state index in [1.165, 1.54) is 4.90 Å². The summed E-state index contributed by atoms with van der Waals surface area (Å²) in [5.41, 5.74) is -2.67. The molecule has 3 fully saturated rings. The molecule has 1 saturated heterocycles. The van der Waals surface area contributed by atoms with Crippen LogP contribution in [0.15, 0.2) is 17.1 Å². The summed E-state index contributed by atoms with van der Waals surface area (Å²) in [4.78, 5) is 25.5. The second-order valence-corrected chi connectivity index (χ2v) is 9.08. The van der Waals surface area contributed by atoms with Gasteiger partial charge in [0, 0.05) is 44.2 Å². The normalized spacial score (nSPS) is 26.5. The molecule has 0 spiro atoms. The van der Waals surface area contributed by atoms with Gasteiger partial charge in [0.05, 0.1) is 16.9 Å². The van der Waals surface area contributed by atoms with Gasteiger partial charge in [0.1, 0.15) is 23.6 Å². The number of aromatic carboxylic acids is 1. The molecule has 4 atom stereocenters. The highest BCUT2D eigenvalue weighted by molar-refractivity contribution is 5.97. The van der Waals surface area contributed by atoms with Crippen molar-refractivity contribution < 1.29 is 36.6 Å². The maximum atomic E-state index is 15.3. The molecule has 3 aliphatic rings. The van der Waals surface area contributed by atoms with E-state index in [4.69, 9.17) is 0 Å². The minimum absolute atomic E-state index is 0.00944. The number of aromatic nitrogens is 1. The molecule has 2 aliphatic carbocycles. The van der Waals surface area contributed by atoms with E-state index in [2.05, 4.69) is 10.1 Å². The number of carboxylic acid groups (broad SMARTS) is 1. The van der Waals surface area contributed by atoms with Crippen LogP contribution in [0.4, 0.5) is 27.6 Å². The van der Waals surface area contributed by atoms with E-state index in [0.29, 0.717) is 12.6 Å². The summed E-state index contributed by atoms with van der Waals surface area (Å²) in [5.74, 6) is -4.01. The number of rotatable bonds is 8. The number of hydrogen-bond acceptors (Lipinski definition) is 5. The zero-order valence-corrected chi connectivity index (χ0v) is 17.8. The average molecular weight is 487 g/mol. The van der Waals surface area contributed by atoms with Crippen molar-refractivity contribution in [1.29, 1.82) is 0 Å². The predicted octanol–water partition coefficient (Wildman–Crippen LogP) is 3.25. The summed E-state index contributed by atoms with van der Waals surface area (Å²) in [6.07, 6.45) is 0.0400. The van der Waals surface area contributed by atoms with Gasteiger partial charge in [0.25, 0.3) is 0 Å². The Morgan fingerprint density at radius 2 is 1.94 bits per heavy atom. The monoisotopic (exact) mass is 487 g/mol. The number of halogens is 5. The lowest BCUT2D eigenvalue weighted by Gasteiger charge is -2.25. The molecular formula is C22H22F5N3O4. The first-order chi connectivity index (χ1) is 16.2. The van der Waals surface area contributed by atoms with Crippen LogP contribution in [0.25, 0.3) is 10.9 Å². The zero-order chi connectivity index (χ0) is 24.3. The third kappa shape index (κ3) is 4.08. The Kier molecular flexibility index (Phi) is 5.65.